The van der Waals surface area contributed by atoms with Crippen LogP contribution in [0.2, 0.25) is 5.02 Å². The van der Waals surface area contributed by atoms with Crippen molar-refractivity contribution in [1.29, 1.82) is 0 Å². The first kappa shape index (κ1) is 21.4. The van der Waals surface area contributed by atoms with E-state index in [1.54, 1.807) is 42.5 Å². The summed E-state index contributed by atoms with van der Waals surface area (Å²) in [5, 5.41) is 26.8. The Labute approximate surface area is 189 Å². The summed E-state index contributed by atoms with van der Waals surface area (Å²) in [6.45, 7) is 2.12. The molecule has 0 unspecified atom stereocenters. The maximum atomic E-state index is 13.2. The van der Waals surface area contributed by atoms with Crippen molar-refractivity contribution in [2.24, 2.45) is 7.05 Å². The topological polar surface area (TPSA) is 100 Å². The molecule has 0 radical (unpaired) electrons. The van der Waals surface area contributed by atoms with Gasteiger partial charge in [-0.05, 0) is 53.9 Å². The van der Waals surface area contributed by atoms with Crippen molar-refractivity contribution in [3.63, 3.8) is 0 Å². The van der Waals surface area contributed by atoms with Crippen molar-refractivity contribution in [2.75, 3.05) is 0 Å². The number of benzene rings is 2. The fraction of sp³-hybridized carbons (Fsp3) is 0.125. The fourth-order valence-electron chi connectivity index (χ4n) is 3.43. The highest BCUT2D eigenvalue weighted by atomic mass is 35.5. The van der Waals surface area contributed by atoms with Crippen molar-refractivity contribution in [2.45, 2.75) is 13.5 Å². The number of halogens is 1. The molecule has 4 rings (SSSR count). The lowest BCUT2D eigenvalue weighted by molar-refractivity contribution is 0.0951. The van der Waals surface area contributed by atoms with Crippen LogP contribution in [0.15, 0.2) is 61.1 Å². The number of phenolic OH excluding ortho intramolecular Hbond substituents is 2. The first-order chi connectivity index (χ1) is 15.3. The van der Waals surface area contributed by atoms with Crippen LogP contribution in [-0.4, -0.2) is 30.9 Å². The molecule has 2 aromatic carbocycles. The number of aryl methyl sites for hydroxylation is 2. The van der Waals surface area contributed by atoms with Crippen LogP contribution in [0.3, 0.4) is 0 Å². The normalized spacial score (nSPS) is 10.8. The second-order valence-corrected chi connectivity index (χ2v) is 7.98. The standard InChI is InChI=1S/C24H21ClN4O3/c1-14-5-16(8-19(25)6-14)17-9-20(23(26-11-17)18-12-28-29(2)13-18)24(32)27-10-15-3-4-21(30)22(31)7-15/h3-9,11-13,30-31H,10H2,1-2H3,(H,27,32). The summed E-state index contributed by atoms with van der Waals surface area (Å²) in [4.78, 5) is 17.7. The molecule has 0 atom stereocenters. The van der Waals surface area contributed by atoms with E-state index >= 15 is 0 Å². The molecule has 0 spiro atoms. The molecule has 3 N–H and O–H groups in total. The van der Waals surface area contributed by atoms with Gasteiger partial charge in [0.2, 0.25) is 0 Å². The third kappa shape index (κ3) is 4.58. The average molecular weight is 449 g/mol. The molecule has 0 saturated carbocycles. The molecule has 0 aliphatic carbocycles. The van der Waals surface area contributed by atoms with Crippen LogP contribution in [0.25, 0.3) is 22.4 Å². The van der Waals surface area contributed by atoms with E-state index in [0.717, 1.165) is 16.7 Å². The number of pyridine rings is 1. The van der Waals surface area contributed by atoms with Crippen molar-refractivity contribution in [1.82, 2.24) is 20.1 Å². The molecule has 162 valence electrons. The van der Waals surface area contributed by atoms with Crippen molar-refractivity contribution >= 4 is 17.5 Å². The molecule has 32 heavy (non-hydrogen) atoms. The van der Waals surface area contributed by atoms with E-state index in [1.165, 1.54) is 12.1 Å². The van der Waals surface area contributed by atoms with Gasteiger partial charge in [0.25, 0.3) is 5.91 Å². The van der Waals surface area contributed by atoms with Crippen molar-refractivity contribution in [3.05, 3.63) is 82.8 Å². The number of rotatable bonds is 5. The molecule has 0 bridgehead atoms. The summed E-state index contributed by atoms with van der Waals surface area (Å²) in [6, 6.07) is 11.9. The Kier molecular flexibility index (Phi) is 5.83. The number of aromatic nitrogens is 3. The number of nitrogens with one attached hydrogen (secondary N) is 1. The largest absolute Gasteiger partial charge is 0.504 e. The molecular weight excluding hydrogens is 428 g/mol. The Morgan fingerprint density at radius 2 is 1.84 bits per heavy atom. The van der Waals surface area contributed by atoms with Gasteiger partial charge in [0, 0.05) is 42.1 Å². The van der Waals surface area contributed by atoms with Crippen LogP contribution in [0.5, 0.6) is 11.5 Å². The van der Waals surface area contributed by atoms with Gasteiger partial charge >= 0.3 is 0 Å². The van der Waals surface area contributed by atoms with E-state index in [4.69, 9.17) is 11.6 Å². The number of carbonyl (C=O) groups is 1. The highest BCUT2D eigenvalue weighted by Gasteiger charge is 2.17. The van der Waals surface area contributed by atoms with Gasteiger partial charge in [-0.15, -0.1) is 0 Å². The zero-order valence-corrected chi connectivity index (χ0v) is 18.3. The maximum Gasteiger partial charge on any atom is 0.253 e. The Morgan fingerprint density at radius 1 is 1.03 bits per heavy atom. The molecule has 0 aliphatic heterocycles. The minimum atomic E-state index is -0.329. The summed E-state index contributed by atoms with van der Waals surface area (Å²) < 4.78 is 1.64. The van der Waals surface area contributed by atoms with Crippen molar-refractivity contribution < 1.29 is 15.0 Å². The van der Waals surface area contributed by atoms with Gasteiger partial charge in [0.15, 0.2) is 11.5 Å². The number of hydrogen-bond donors (Lipinski definition) is 3. The lowest BCUT2D eigenvalue weighted by Crippen LogP contribution is -2.23. The molecule has 2 aromatic heterocycles. The van der Waals surface area contributed by atoms with Crippen LogP contribution < -0.4 is 5.32 Å². The Morgan fingerprint density at radius 3 is 2.53 bits per heavy atom. The molecule has 7 nitrogen and oxygen atoms in total. The van der Waals surface area contributed by atoms with Crippen LogP contribution in [0, 0.1) is 6.92 Å². The fourth-order valence-corrected chi connectivity index (χ4v) is 3.72. The maximum absolute atomic E-state index is 13.2. The van der Waals surface area contributed by atoms with Gasteiger partial charge in [0.05, 0.1) is 17.5 Å². The van der Waals surface area contributed by atoms with E-state index in [2.05, 4.69) is 15.4 Å². The Bertz CT molecular complexity index is 1300. The lowest BCUT2D eigenvalue weighted by atomic mass is 10.0. The second kappa shape index (κ2) is 8.72. The van der Waals surface area contributed by atoms with E-state index in [-0.39, 0.29) is 24.0 Å². The summed E-state index contributed by atoms with van der Waals surface area (Å²) >= 11 is 6.22. The number of amides is 1. The van der Waals surface area contributed by atoms with Gasteiger partial charge in [-0.1, -0.05) is 23.7 Å². The minimum Gasteiger partial charge on any atom is -0.504 e. The first-order valence-corrected chi connectivity index (χ1v) is 10.2. The van der Waals surface area contributed by atoms with Gasteiger partial charge in [-0.3, -0.25) is 14.5 Å². The van der Waals surface area contributed by atoms with Gasteiger partial charge < -0.3 is 15.5 Å². The van der Waals surface area contributed by atoms with Crippen LogP contribution in [0.4, 0.5) is 0 Å². The zero-order chi connectivity index (χ0) is 22.8. The minimum absolute atomic E-state index is 0.166. The highest BCUT2D eigenvalue weighted by Crippen LogP contribution is 2.29. The van der Waals surface area contributed by atoms with E-state index in [1.807, 2.05) is 25.1 Å². The molecule has 4 aromatic rings. The first-order valence-electron chi connectivity index (χ1n) is 9.86. The molecule has 0 fully saturated rings. The summed E-state index contributed by atoms with van der Waals surface area (Å²) in [5.41, 5.74) is 4.87. The number of phenols is 2. The lowest BCUT2D eigenvalue weighted by Gasteiger charge is -2.12. The predicted molar refractivity (Wildman–Crippen MR) is 123 cm³/mol. The van der Waals surface area contributed by atoms with E-state index in [0.29, 0.717) is 27.4 Å². The number of carbonyl (C=O) groups excluding carboxylic acids is 1. The Hall–Kier alpha value is -3.84. The van der Waals surface area contributed by atoms with Gasteiger partial charge in [-0.2, -0.15) is 5.10 Å². The molecule has 1 amide bonds. The summed E-state index contributed by atoms with van der Waals surface area (Å²) in [5.74, 6) is -0.787. The number of hydrogen-bond acceptors (Lipinski definition) is 5. The molecule has 8 heteroatoms. The van der Waals surface area contributed by atoms with Gasteiger partial charge in [-0.25, -0.2) is 0 Å². The third-order valence-electron chi connectivity index (χ3n) is 4.98. The number of nitrogens with zero attached hydrogens (tertiary/aromatic N) is 3. The van der Waals surface area contributed by atoms with Crippen molar-refractivity contribution in [3.8, 4) is 33.9 Å². The SMILES string of the molecule is Cc1cc(Cl)cc(-c2cnc(-c3cnn(C)c3)c(C(=O)NCc3ccc(O)c(O)c3)c2)c1. The van der Waals surface area contributed by atoms with Crippen LogP contribution >= 0.6 is 11.6 Å². The third-order valence-corrected chi connectivity index (χ3v) is 5.20. The summed E-state index contributed by atoms with van der Waals surface area (Å²) in [7, 11) is 1.80. The zero-order valence-electron chi connectivity index (χ0n) is 17.5. The predicted octanol–water partition coefficient (Wildman–Crippen LogP) is 4.45. The molecule has 0 aliphatic rings. The average Bonchev–Trinajstić information content (AvgIpc) is 3.19. The molecule has 2 heterocycles. The van der Waals surface area contributed by atoms with Crippen LogP contribution in [0.1, 0.15) is 21.5 Å². The van der Waals surface area contributed by atoms with Crippen LogP contribution in [-0.2, 0) is 13.6 Å². The summed E-state index contributed by atoms with van der Waals surface area (Å²) in [6.07, 6.45) is 5.16. The van der Waals surface area contributed by atoms with Gasteiger partial charge in [0.1, 0.15) is 0 Å². The monoisotopic (exact) mass is 448 g/mol. The second-order valence-electron chi connectivity index (χ2n) is 7.55. The number of aromatic hydroxyl groups is 2. The van der Waals surface area contributed by atoms with E-state index in [9.17, 15) is 15.0 Å². The molecular formula is C24H21ClN4O3. The molecule has 0 saturated heterocycles. The van der Waals surface area contributed by atoms with E-state index < -0.39 is 0 Å². The Balaban J connectivity index is 1.70. The smallest absolute Gasteiger partial charge is 0.253 e. The quantitative estimate of drug-likeness (QED) is 0.391. The highest BCUT2D eigenvalue weighted by molar-refractivity contribution is 6.31.